The molecule has 0 heterocycles. The molecule has 6 heteroatoms. The van der Waals surface area contributed by atoms with Crippen LogP contribution in [0.2, 0.25) is 0 Å². The van der Waals surface area contributed by atoms with Gasteiger partial charge in [-0.2, -0.15) is 4.72 Å². The normalized spacial score (nSPS) is 17.3. The maximum absolute atomic E-state index is 12.5. The van der Waals surface area contributed by atoms with Crippen molar-refractivity contribution >= 4 is 22.0 Å². The monoisotopic (exact) mass is 322 g/mol. The molecule has 2 rings (SSSR count). The van der Waals surface area contributed by atoms with E-state index < -0.39 is 22.0 Å². The number of rotatable bonds is 6. The van der Waals surface area contributed by atoms with E-state index in [1.807, 2.05) is 38.1 Å². The predicted molar refractivity (Wildman–Crippen MR) is 87.2 cm³/mol. The van der Waals surface area contributed by atoms with Crippen LogP contribution in [-0.2, 0) is 21.2 Å². The molecule has 1 aromatic rings. The first-order valence-corrected chi connectivity index (χ1v) is 8.93. The topological polar surface area (TPSA) is 89.3 Å². The van der Waals surface area contributed by atoms with Crippen molar-refractivity contribution in [1.82, 2.24) is 4.72 Å². The second-order valence-electron chi connectivity index (χ2n) is 5.70. The van der Waals surface area contributed by atoms with Gasteiger partial charge in [-0.3, -0.25) is 4.79 Å². The van der Waals surface area contributed by atoms with E-state index in [1.165, 1.54) is 0 Å². The Labute approximate surface area is 131 Å². The van der Waals surface area contributed by atoms with Gasteiger partial charge in [0, 0.05) is 0 Å². The van der Waals surface area contributed by atoms with Gasteiger partial charge in [0.25, 0.3) is 0 Å². The summed E-state index contributed by atoms with van der Waals surface area (Å²) in [7, 11) is -3.72. The lowest BCUT2D eigenvalue weighted by Gasteiger charge is -2.23. The Kier molecular flexibility index (Phi) is 5.03. The van der Waals surface area contributed by atoms with Crippen LogP contribution < -0.4 is 10.5 Å². The van der Waals surface area contributed by atoms with Gasteiger partial charge in [-0.25, -0.2) is 8.42 Å². The van der Waals surface area contributed by atoms with E-state index >= 15 is 0 Å². The number of allylic oxidation sites excluding steroid dienone is 1. The molecule has 1 aliphatic carbocycles. The molecule has 2 atom stereocenters. The average molecular weight is 322 g/mol. The van der Waals surface area contributed by atoms with Crippen LogP contribution in [0.15, 0.2) is 29.2 Å². The van der Waals surface area contributed by atoms with Crippen LogP contribution >= 0.6 is 0 Å². The Morgan fingerprint density at radius 2 is 2.00 bits per heavy atom. The van der Waals surface area contributed by atoms with E-state index in [2.05, 4.69) is 4.72 Å². The highest BCUT2D eigenvalue weighted by Crippen LogP contribution is 2.27. The molecule has 22 heavy (non-hydrogen) atoms. The first kappa shape index (κ1) is 16.7. The minimum absolute atomic E-state index is 0.149. The highest BCUT2D eigenvalue weighted by molar-refractivity contribution is 7.93. The molecule has 0 saturated carbocycles. The van der Waals surface area contributed by atoms with Crippen molar-refractivity contribution in [2.45, 2.75) is 39.2 Å². The summed E-state index contributed by atoms with van der Waals surface area (Å²) < 4.78 is 27.6. The van der Waals surface area contributed by atoms with E-state index in [4.69, 9.17) is 5.73 Å². The molecule has 2 unspecified atom stereocenters. The van der Waals surface area contributed by atoms with Crippen molar-refractivity contribution < 1.29 is 13.2 Å². The third kappa shape index (κ3) is 3.56. The second kappa shape index (κ2) is 6.62. The minimum atomic E-state index is -3.72. The summed E-state index contributed by atoms with van der Waals surface area (Å²) in [6.07, 6.45) is 3.44. The van der Waals surface area contributed by atoms with Gasteiger partial charge in [-0.1, -0.05) is 44.5 Å². The smallest absolute Gasteiger partial charge is 0.237 e. The Bertz CT molecular complexity index is 695. The fourth-order valence-electron chi connectivity index (χ4n) is 2.55. The van der Waals surface area contributed by atoms with Crippen molar-refractivity contribution in [1.29, 1.82) is 0 Å². The molecular weight excluding hydrogens is 300 g/mol. The Balaban J connectivity index is 2.28. The number of benzene rings is 1. The van der Waals surface area contributed by atoms with Crippen LogP contribution in [0.5, 0.6) is 0 Å². The fourth-order valence-corrected chi connectivity index (χ4v) is 4.04. The minimum Gasteiger partial charge on any atom is -0.368 e. The molecule has 1 amide bonds. The Hall–Kier alpha value is -1.66. The fraction of sp³-hybridized carbons (Fsp3) is 0.438. The van der Waals surface area contributed by atoms with Crippen LogP contribution in [0.25, 0.3) is 6.08 Å². The Morgan fingerprint density at radius 3 is 2.64 bits per heavy atom. The number of primary amides is 1. The number of hydrogen-bond donors (Lipinski definition) is 2. The summed E-state index contributed by atoms with van der Waals surface area (Å²) in [5.74, 6) is -0.793. The number of aryl methyl sites for hydroxylation is 1. The molecule has 120 valence electrons. The summed E-state index contributed by atoms with van der Waals surface area (Å²) in [6, 6.07) is 6.83. The number of amides is 1. The maximum Gasteiger partial charge on any atom is 0.237 e. The van der Waals surface area contributed by atoms with Gasteiger partial charge in [0.05, 0.1) is 4.91 Å². The first-order chi connectivity index (χ1) is 10.3. The second-order valence-corrected chi connectivity index (χ2v) is 7.46. The van der Waals surface area contributed by atoms with Crippen LogP contribution in [0.3, 0.4) is 0 Å². The summed E-state index contributed by atoms with van der Waals surface area (Å²) in [5.41, 5.74) is 7.39. The maximum atomic E-state index is 12.5. The number of carbonyl (C=O) groups is 1. The largest absolute Gasteiger partial charge is 0.368 e. The molecular formula is C16H22N2O3S. The summed E-state index contributed by atoms with van der Waals surface area (Å²) >= 11 is 0. The SMILES string of the molecule is CCC(C)C(NS(=O)(=O)C1=Cc2ccccc2CC1)C(N)=O. The number of carbonyl (C=O) groups excluding carboxylic acids is 1. The lowest BCUT2D eigenvalue weighted by atomic mass is 9.98. The molecule has 0 saturated heterocycles. The van der Waals surface area contributed by atoms with Gasteiger partial charge in [0.15, 0.2) is 0 Å². The standard InChI is InChI=1S/C16H22N2O3S/c1-3-11(2)15(16(17)19)18-22(20,21)14-9-8-12-6-4-5-7-13(12)10-14/h4-7,10-11,15,18H,3,8-9H2,1-2H3,(H2,17,19). The van der Waals surface area contributed by atoms with Gasteiger partial charge in [0.2, 0.25) is 15.9 Å². The Morgan fingerprint density at radius 1 is 1.32 bits per heavy atom. The van der Waals surface area contributed by atoms with E-state index in [1.54, 1.807) is 6.08 Å². The number of hydrogen-bond acceptors (Lipinski definition) is 3. The van der Waals surface area contributed by atoms with E-state index in [-0.39, 0.29) is 5.92 Å². The molecule has 3 N–H and O–H groups in total. The van der Waals surface area contributed by atoms with Gasteiger partial charge in [0.1, 0.15) is 6.04 Å². The summed E-state index contributed by atoms with van der Waals surface area (Å²) in [4.78, 5) is 11.8. The van der Waals surface area contributed by atoms with Crippen molar-refractivity contribution in [3.8, 4) is 0 Å². The zero-order valence-corrected chi connectivity index (χ0v) is 13.7. The van der Waals surface area contributed by atoms with Crippen molar-refractivity contribution in [3.63, 3.8) is 0 Å². The lowest BCUT2D eigenvalue weighted by molar-refractivity contribution is -0.120. The molecule has 0 spiro atoms. The molecule has 0 bridgehead atoms. The number of nitrogens with two attached hydrogens (primary N) is 1. The predicted octanol–water partition coefficient (Wildman–Crippen LogP) is 1.79. The van der Waals surface area contributed by atoms with Gasteiger partial charge >= 0.3 is 0 Å². The summed E-state index contributed by atoms with van der Waals surface area (Å²) in [6.45, 7) is 3.70. The van der Waals surface area contributed by atoms with Crippen LogP contribution in [0.4, 0.5) is 0 Å². The third-order valence-electron chi connectivity index (χ3n) is 4.16. The average Bonchev–Trinajstić information content (AvgIpc) is 2.51. The third-order valence-corrected chi connectivity index (χ3v) is 5.74. The zero-order chi connectivity index (χ0) is 16.3. The van der Waals surface area contributed by atoms with E-state index in [0.717, 1.165) is 11.1 Å². The molecule has 1 aromatic carbocycles. The highest BCUT2D eigenvalue weighted by atomic mass is 32.2. The van der Waals surface area contributed by atoms with Crippen molar-refractivity contribution in [2.24, 2.45) is 11.7 Å². The molecule has 0 aliphatic heterocycles. The van der Waals surface area contributed by atoms with E-state index in [9.17, 15) is 13.2 Å². The van der Waals surface area contributed by atoms with Crippen molar-refractivity contribution in [3.05, 3.63) is 40.3 Å². The lowest BCUT2D eigenvalue weighted by Crippen LogP contribution is -2.48. The first-order valence-electron chi connectivity index (χ1n) is 7.45. The number of fused-ring (bicyclic) bond motifs is 1. The molecule has 0 aromatic heterocycles. The van der Waals surface area contributed by atoms with Crippen LogP contribution in [-0.4, -0.2) is 20.4 Å². The van der Waals surface area contributed by atoms with Crippen molar-refractivity contribution in [2.75, 3.05) is 0 Å². The number of sulfonamides is 1. The van der Waals surface area contributed by atoms with Gasteiger partial charge < -0.3 is 5.73 Å². The zero-order valence-electron chi connectivity index (χ0n) is 12.9. The van der Waals surface area contributed by atoms with Gasteiger partial charge in [-0.05, 0) is 36.0 Å². The molecule has 5 nitrogen and oxygen atoms in total. The molecule has 0 fully saturated rings. The van der Waals surface area contributed by atoms with Gasteiger partial charge in [-0.15, -0.1) is 0 Å². The highest BCUT2D eigenvalue weighted by Gasteiger charge is 2.30. The van der Waals surface area contributed by atoms with E-state index in [0.29, 0.717) is 24.2 Å². The summed E-state index contributed by atoms with van der Waals surface area (Å²) in [5, 5.41) is 0. The molecule has 1 aliphatic rings. The molecule has 0 radical (unpaired) electrons. The number of nitrogens with one attached hydrogen (secondary N) is 1. The quantitative estimate of drug-likeness (QED) is 0.837. The van der Waals surface area contributed by atoms with Crippen LogP contribution in [0, 0.1) is 5.92 Å². The van der Waals surface area contributed by atoms with Crippen LogP contribution in [0.1, 0.15) is 37.8 Å².